The van der Waals surface area contributed by atoms with Crippen molar-refractivity contribution in [3.8, 4) is 0 Å². The summed E-state index contributed by atoms with van der Waals surface area (Å²) in [7, 11) is 1.97. The SMILES string of the molecule is CN(C(=O)C1CC12CCNCC2)C1CCN(C(=O)c2ccccc2)CC1.Cl. The summed E-state index contributed by atoms with van der Waals surface area (Å²) in [6.45, 7) is 3.56. The molecule has 1 atom stereocenters. The topological polar surface area (TPSA) is 52.7 Å². The molecule has 5 nitrogen and oxygen atoms in total. The first-order chi connectivity index (χ1) is 12.6. The molecule has 1 aromatic rings. The quantitative estimate of drug-likeness (QED) is 0.861. The number of carbonyl (C=O) groups excluding carboxylic acids is 2. The second-order valence-corrected chi connectivity index (χ2v) is 8.21. The van der Waals surface area contributed by atoms with Crippen molar-refractivity contribution in [2.75, 3.05) is 33.2 Å². The van der Waals surface area contributed by atoms with E-state index < -0.39 is 0 Å². The third-order valence-corrected chi connectivity index (χ3v) is 6.75. The molecular weight excluding hydrogens is 362 g/mol. The molecule has 1 unspecified atom stereocenters. The van der Waals surface area contributed by atoms with Crippen LogP contribution in [0.4, 0.5) is 0 Å². The highest BCUT2D eigenvalue weighted by Crippen LogP contribution is 2.59. The molecule has 2 aliphatic heterocycles. The van der Waals surface area contributed by atoms with Gasteiger partial charge in [0.25, 0.3) is 5.91 Å². The Morgan fingerprint density at radius 2 is 1.74 bits per heavy atom. The first-order valence-electron chi connectivity index (χ1n) is 9.92. The Hall–Kier alpha value is -1.59. The summed E-state index contributed by atoms with van der Waals surface area (Å²) in [6.07, 6.45) is 5.11. The Morgan fingerprint density at radius 3 is 2.37 bits per heavy atom. The van der Waals surface area contributed by atoms with Crippen LogP contribution in [0.2, 0.25) is 0 Å². The number of halogens is 1. The summed E-state index contributed by atoms with van der Waals surface area (Å²) < 4.78 is 0. The lowest BCUT2D eigenvalue weighted by atomic mass is 9.91. The molecule has 0 radical (unpaired) electrons. The zero-order valence-electron chi connectivity index (χ0n) is 16.0. The molecule has 4 rings (SSSR count). The first-order valence-corrected chi connectivity index (χ1v) is 9.92. The van der Waals surface area contributed by atoms with E-state index in [2.05, 4.69) is 5.32 Å². The highest BCUT2D eigenvalue weighted by atomic mass is 35.5. The molecule has 27 heavy (non-hydrogen) atoms. The van der Waals surface area contributed by atoms with Gasteiger partial charge in [0.1, 0.15) is 0 Å². The number of carbonyl (C=O) groups is 2. The minimum Gasteiger partial charge on any atom is -0.342 e. The number of rotatable bonds is 3. The molecule has 2 heterocycles. The average Bonchev–Trinajstić information content (AvgIpc) is 3.40. The van der Waals surface area contributed by atoms with Crippen molar-refractivity contribution in [1.82, 2.24) is 15.1 Å². The smallest absolute Gasteiger partial charge is 0.253 e. The van der Waals surface area contributed by atoms with E-state index in [1.54, 1.807) is 0 Å². The maximum Gasteiger partial charge on any atom is 0.253 e. The minimum absolute atomic E-state index is 0. The van der Waals surface area contributed by atoms with Crippen molar-refractivity contribution < 1.29 is 9.59 Å². The lowest BCUT2D eigenvalue weighted by Crippen LogP contribution is -2.48. The maximum absolute atomic E-state index is 12.9. The van der Waals surface area contributed by atoms with Gasteiger partial charge in [0.05, 0.1) is 0 Å². The Labute approximate surface area is 167 Å². The van der Waals surface area contributed by atoms with Gasteiger partial charge in [0.2, 0.25) is 5.91 Å². The molecule has 1 N–H and O–H groups in total. The van der Waals surface area contributed by atoms with Crippen LogP contribution in [0.15, 0.2) is 30.3 Å². The first kappa shape index (κ1) is 20.2. The van der Waals surface area contributed by atoms with Gasteiger partial charge in [0.15, 0.2) is 0 Å². The summed E-state index contributed by atoms with van der Waals surface area (Å²) in [5.74, 6) is 0.673. The Bertz CT molecular complexity index is 667. The number of likely N-dealkylation sites (tertiary alicyclic amines) is 1. The second-order valence-electron chi connectivity index (χ2n) is 8.21. The van der Waals surface area contributed by atoms with Crippen molar-refractivity contribution in [2.45, 2.75) is 38.1 Å². The molecule has 1 saturated carbocycles. The largest absolute Gasteiger partial charge is 0.342 e. The Kier molecular flexibility index (Phi) is 6.11. The molecule has 1 aliphatic carbocycles. The summed E-state index contributed by atoms with van der Waals surface area (Å²) in [5, 5.41) is 3.40. The van der Waals surface area contributed by atoms with Crippen LogP contribution in [0.1, 0.15) is 42.5 Å². The van der Waals surface area contributed by atoms with Gasteiger partial charge in [-0.15, -0.1) is 12.4 Å². The van der Waals surface area contributed by atoms with E-state index in [-0.39, 0.29) is 30.3 Å². The molecule has 1 spiro atoms. The van der Waals surface area contributed by atoms with Crippen LogP contribution in [0, 0.1) is 11.3 Å². The molecule has 0 bridgehead atoms. The molecule has 6 heteroatoms. The molecule has 0 aromatic heterocycles. The van der Waals surface area contributed by atoms with Crippen LogP contribution in [0.5, 0.6) is 0 Å². The van der Waals surface area contributed by atoms with Gasteiger partial charge in [-0.25, -0.2) is 0 Å². The standard InChI is InChI=1S/C21H29N3O2.ClH/c1-23(20(26)18-15-21(18)9-11-22-12-10-21)17-7-13-24(14-8-17)19(25)16-5-3-2-4-6-16;/h2-6,17-18,22H,7-15H2,1H3;1H. The Balaban J connectivity index is 0.00000210. The molecule has 2 saturated heterocycles. The maximum atomic E-state index is 12.9. The van der Waals surface area contributed by atoms with Crippen LogP contribution >= 0.6 is 12.4 Å². The lowest BCUT2D eigenvalue weighted by molar-refractivity contribution is -0.135. The van der Waals surface area contributed by atoms with Crippen molar-refractivity contribution in [1.29, 1.82) is 0 Å². The van der Waals surface area contributed by atoms with Gasteiger partial charge in [-0.1, -0.05) is 18.2 Å². The van der Waals surface area contributed by atoms with E-state index in [4.69, 9.17) is 0 Å². The second kappa shape index (κ2) is 8.19. The van der Waals surface area contributed by atoms with E-state index in [9.17, 15) is 9.59 Å². The van der Waals surface area contributed by atoms with E-state index in [1.807, 2.05) is 47.2 Å². The molecule has 3 aliphatic rings. The molecule has 148 valence electrons. The van der Waals surface area contributed by atoms with Gasteiger partial charge in [-0.3, -0.25) is 9.59 Å². The fourth-order valence-corrected chi connectivity index (χ4v) is 4.82. The van der Waals surface area contributed by atoms with Gasteiger partial charge >= 0.3 is 0 Å². The molecule has 2 amide bonds. The fourth-order valence-electron chi connectivity index (χ4n) is 4.82. The average molecular weight is 392 g/mol. The third-order valence-electron chi connectivity index (χ3n) is 6.75. The monoisotopic (exact) mass is 391 g/mol. The van der Waals surface area contributed by atoms with Gasteiger partial charge in [-0.05, 0) is 62.7 Å². The number of hydrogen-bond donors (Lipinski definition) is 1. The number of nitrogens with zero attached hydrogens (tertiary/aromatic N) is 2. The predicted molar refractivity (Wildman–Crippen MR) is 108 cm³/mol. The zero-order chi connectivity index (χ0) is 18.1. The molecule has 1 aromatic carbocycles. The van der Waals surface area contributed by atoms with E-state index in [0.717, 1.165) is 63.8 Å². The van der Waals surface area contributed by atoms with Gasteiger partial charge < -0.3 is 15.1 Å². The summed E-state index contributed by atoms with van der Waals surface area (Å²) in [5.41, 5.74) is 1.04. The van der Waals surface area contributed by atoms with E-state index in [1.165, 1.54) is 0 Å². The zero-order valence-corrected chi connectivity index (χ0v) is 16.8. The normalized spacial score (nSPS) is 24.2. The van der Waals surface area contributed by atoms with Gasteiger partial charge in [-0.2, -0.15) is 0 Å². The fraction of sp³-hybridized carbons (Fsp3) is 0.619. The van der Waals surface area contributed by atoms with Crippen LogP contribution in [0.3, 0.4) is 0 Å². The molecular formula is C21H30ClN3O2. The van der Waals surface area contributed by atoms with Crippen molar-refractivity contribution in [2.24, 2.45) is 11.3 Å². The number of amides is 2. The van der Waals surface area contributed by atoms with Crippen LogP contribution in [-0.2, 0) is 4.79 Å². The number of piperidine rings is 2. The highest BCUT2D eigenvalue weighted by Gasteiger charge is 2.58. The summed E-state index contributed by atoms with van der Waals surface area (Å²) in [6, 6.07) is 9.74. The lowest BCUT2D eigenvalue weighted by Gasteiger charge is -2.37. The van der Waals surface area contributed by atoms with Crippen molar-refractivity contribution in [3.63, 3.8) is 0 Å². The predicted octanol–water partition coefficient (Wildman–Crippen LogP) is 2.56. The van der Waals surface area contributed by atoms with Crippen LogP contribution in [-0.4, -0.2) is 60.9 Å². The number of nitrogens with one attached hydrogen (secondary N) is 1. The summed E-state index contributed by atoms with van der Waals surface area (Å²) >= 11 is 0. The minimum atomic E-state index is 0. The number of hydrogen-bond acceptors (Lipinski definition) is 3. The number of benzene rings is 1. The van der Waals surface area contributed by atoms with E-state index in [0.29, 0.717) is 11.3 Å². The Morgan fingerprint density at radius 1 is 1.11 bits per heavy atom. The third kappa shape index (κ3) is 3.99. The summed E-state index contributed by atoms with van der Waals surface area (Å²) in [4.78, 5) is 29.4. The van der Waals surface area contributed by atoms with Gasteiger partial charge in [0, 0.05) is 37.7 Å². The van der Waals surface area contributed by atoms with Crippen LogP contribution < -0.4 is 5.32 Å². The van der Waals surface area contributed by atoms with Crippen LogP contribution in [0.25, 0.3) is 0 Å². The highest BCUT2D eigenvalue weighted by molar-refractivity contribution is 5.94. The van der Waals surface area contributed by atoms with Crippen molar-refractivity contribution in [3.05, 3.63) is 35.9 Å². The molecule has 3 fully saturated rings. The van der Waals surface area contributed by atoms with E-state index >= 15 is 0 Å². The van der Waals surface area contributed by atoms with Crippen molar-refractivity contribution >= 4 is 24.2 Å².